The number of hydrogen-bond acceptors (Lipinski definition) is 4. The van der Waals surface area contributed by atoms with E-state index < -0.39 is 0 Å². The fourth-order valence-electron chi connectivity index (χ4n) is 3.24. The number of hydrogen-bond donors (Lipinski definition) is 3. The average Bonchev–Trinajstić information content (AvgIpc) is 3.08. The van der Waals surface area contributed by atoms with Crippen LogP contribution in [0.4, 0.5) is 10.1 Å². The first-order chi connectivity index (χ1) is 11.1. The molecule has 0 bridgehead atoms. The number of nitrogens with one attached hydrogen (secondary N) is 2. The molecule has 2 saturated heterocycles. The monoisotopic (exact) mass is 321 g/mol. The zero-order chi connectivity index (χ0) is 16.2. The number of anilines is 1. The van der Waals surface area contributed by atoms with Crippen molar-refractivity contribution in [1.29, 1.82) is 0 Å². The third-order valence-corrected chi connectivity index (χ3v) is 4.66. The summed E-state index contributed by atoms with van der Waals surface area (Å²) >= 11 is 0. The van der Waals surface area contributed by atoms with Crippen LogP contribution < -0.4 is 15.5 Å². The maximum atomic E-state index is 14.3. The third-order valence-electron chi connectivity index (χ3n) is 4.66. The van der Waals surface area contributed by atoms with E-state index in [1.807, 2.05) is 11.0 Å². The predicted octanol–water partition coefficient (Wildman–Crippen LogP) is 1.15. The predicted molar refractivity (Wildman–Crippen MR) is 86.7 cm³/mol. The van der Waals surface area contributed by atoms with Gasteiger partial charge in [0.2, 0.25) is 5.91 Å². The van der Waals surface area contributed by atoms with Crippen LogP contribution in [0.25, 0.3) is 0 Å². The van der Waals surface area contributed by atoms with Gasteiger partial charge in [-0.2, -0.15) is 0 Å². The Morgan fingerprint density at radius 1 is 1.35 bits per heavy atom. The first kappa shape index (κ1) is 16.2. The number of piperidine rings is 1. The van der Waals surface area contributed by atoms with Gasteiger partial charge in [0.05, 0.1) is 17.8 Å². The van der Waals surface area contributed by atoms with Crippen molar-refractivity contribution in [3.05, 3.63) is 29.6 Å². The zero-order valence-electron chi connectivity index (χ0n) is 13.2. The number of rotatable bonds is 4. The molecule has 126 valence electrons. The summed E-state index contributed by atoms with van der Waals surface area (Å²) in [5.74, 6) is -0.288. The number of carbonyl (C=O) groups excluding carboxylic acids is 1. The molecule has 0 aliphatic carbocycles. The van der Waals surface area contributed by atoms with Crippen molar-refractivity contribution < 1.29 is 14.3 Å². The molecule has 3 rings (SSSR count). The van der Waals surface area contributed by atoms with Gasteiger partial charge in [0, 0.05) is 19.6 Å². The van der Waals surface area contributed by atoms with Crippen molar-refractivity contribution >= 4 is 11.6 Å². The van der Waals surface area contributed by atoms with Gasteiger partial charge in [-0.25, -0.2) is 4.39 Å². The van der Waals surface area contributed by atoms with Gasteiger partial charge in [-0.15, -0.1) is 0 Å². The molecule has 1 unspecified atom stereocenters. The smallest absolute Gasteiger partial charge is 0.237 e. The van der Waals surface area contributed by atoms with Crippen LogP contribution in [0.2, 0.25) is 0 Å². The molecular weight excluding hydrogens is 297 g/mol. The number of halogens is 1. The van der Waals surface area contributed by atoms with Crippen LogP contribution in [-0.2, 0) is 11.3 Å². The molecule has 23 heavy (non-hydrogen) atoms. The van der Waals surface area contributed by atoms with Gasteiger partial charge in [-0.3, -0.25) is 4.79 Å². The number of amides is 1. The van der Waals surface area contributed by atoms with Gasteiger partial charge in [0.25, 0.3) is 0 Å². The molecule has 0 saturated carbocycles. The number of carbonyl (C=O) groups is 1. The number of nitrogens with zero attached hydrogens (tertiary/aromatic N) is 1. The van der Waals surface area contributed by atoms with Crippen LogP contribution >= 0.6 is 0 Å². The average molecular weight is 321 g/mol. The highest BCUT2D eigenvalue weighted by Gasteiger charge is 2.22. The second-order valence-corrected chi connectivity index (χ2v) is 6.37. The molecule has 3 N–H and O–H groups in total. The Bertz CT molecular complexity index is 553. The Morgan fingerprint density at radius 3 is 2.78 bits per heavy atom. The van der Waals surface area contributed by atoms with E-state index >= 15 is 0 Å². The largest absolute Gasteiger partial charge is 0.393 e. The van der Waals surface area contributed by atoms with Gasteiger partial charge in [-0.1, -0.05) is 6.07 Å². The summed E-state index contributed by atoms with van der Waals surface area (Å²) in [6, 6.07) is 5.00. The van der Waals surface area contributed by atoms with Crippen LogP contribution in [0.5, 0.6) is 0 Å². The van der Waals surface area contributed by atoms with Gasteiger partial charge >= 0.3 is 0 Å². The van der Waals surface area contributed by atoms with Crippen LogP contribution in [0, 0.1) is 5.82 Å². The van der Waals surface area contributed by atoms with Crippen molar-refractivity contribution in [1.82, 2.24) is 10.6 Å². The lowest BCUT2D eigenvalue weighted by Gasteiger charge is -2.31. The van der Waals surface area contributed by atoms with Crippen LogP contribution in [0.3, 0.4) is 0 Å². The molecule has 1 atom stereocenters. The second-order valence-electron chi connectivity index (χ2n) is 6.37. The number of benzene rings is 1. The standard InChI is InChI=1S/C17H24FN3O2/c18-14-10-12(11-20-17(23)15-2-1-7-19-15)3-4-16(14)21-8-5-13(22)6-9-21/h3-4,10,13,15,19,22H,1-2,5-9,11H2,(H,20,23). The van der Waals surface area contributed by atoms with E-state index in [0.29, 0.717) is 38.2 Å². The van der Waals surface area contributed by atoms with Crippen LogP contribution in [0.1, 0.15) is 31.2 Å². The third kappa shape index (κ3) is 4.00. The topological polar surface area (TPSA) is 64.6 Å². The molecule has 5 nitrogen and oxygen atoms in total. The minimum atomic E-state index is -0.271. The highest BCUT2D eigenvalue weighted by molar-refractivity contribution is 5.82. The van der Waals surface area contributed by atoms with E-state index in [1.54, 1.807) is 6.07 Å². The molecule has 0 spiro atoms. The van der Waals surface area contributed by atoms with Gasteiger partial charge in [0.15, 0.2) is 0 Å². The zero-order valence-corrected chi connectivity index (χ0v) is 13.2. The lowest BCUT2D eigenvalue weighted by atomic mass is 10.1. The van der Waals surface area contributed by atoms with E-state index in [-0.39, 0.29) is 23.9 Å². The highest BCUT2D eigenvalue weighted by atomic mass is 19.1. The van der Waals surface area contributed by atoms with E-state index in [1.165, 1.54) is 6.07 Å². The van der Waals surface area contributed by atoms with Crippen molar-refractivity contribution in [3.63, 3.8) is 0 Å². The molecule has 1 amide bonds. The van der Waals surface area contributed by atoms with Crippen molar-refractivity contribution in [2.75, 3.05) is 24.5 Å². The fraction of sp³-hybridized carbons (Fsp3) is 0.588. The Balaban J connectivity index is 1.57. The Kier molecular flexibility index (Phi) is 5.13. The summed E-state index contributed by atoms with van der Waals surface area (Å²) in [6.07, 6.45) is 2.95. The van der Waals surface area contributed by atoms with Gasteiger partial charge in [-0.05, 0) is 49.9 Å². The number of aliphatic hydroxyl groups is 1. The quantitative estimate of drug-likeness (QED) is 0.778. The van der Waals surface area contributed by atoms with Crippen molar-refractivity contribution in [2.45, 2.75) is 44.4 Å². The summed E-state index contributed by atoms with van der Waals surface area (Å²) < 4.78 is 14.3. The second kappa shape index (κ2) is 7.27. The Hall–Kier alpha value is -1.66. The normalized spacial score (nSPS) is 22.3. The molecule has 0 radical (unpaired) electrons. The summed E-state index contributed by atoms with van der Waals surface area (Å²) in [4.78, 5) is 13.9. The molecule has 2 aliphatic rings. The molecule has 2 heterocycles. The van der Waals surface area contributed by atoms with Gasteiger partial charge < -0.3 is 20.6 Å². The summed E-state index contributed by atoms with van der Waals surface area (Å²) in [7, 11) is 0. The summed E-state index contributed by atoms with van der Waals surface area (Å²) in [5.41, 5.74) is 1.33. The van der Waals surface area contributed by atoms with Crippen molar-refractivity contribution in [3.8, 4) is 0 Å². The lowest BCUT2D eigenvalue weighted by Crippen LogP contribution is -2.40. The Labute approximate surface area is 135 Å². The van der Waals surface area contributed by atoms with E-state index in [2.05, 4.69) is 10.6 Å². The maximum Gasteiger partial charge on any atom is 0.237 e. The first-order valence-electron chi connectivity index (χ1n) is 8.36. The van der Waals surface area contributed by atoms with Crippen LogP contribution in [0.15, 0.2) is 18.2 Å². The molecule has 1 aromatic carbocycles. The van der Waals surface area contributed by atoms with Gasteiger partial charge in [0.1, 0.15) is 5.82 Å². The number of aliphatic hydroxyl groups excluding tert-OH is 1. The SMILES string of the molecule is O=C(NCc1ccc(N2CCC(O)CC2)c(F)c1)C1CCCN1. The minimum Gasteiger partial charge on any atom is -0.393 e. The summed E-state index contributed by atoms with van der Waals surface area (Å²) in [5, 5.41) is 15.5. The van der Waals surface area contributed by atoms with Crippen LogP contribution in [-0.4, -0.2) is 42.8 Å². The van der Waals surface area contributed by atoms with E-state index in [9.17, 15) is 14.3 Å². The molecule has 1 aromatic rings. The fourth-order valence-corrected chi connectivity index (χ4v) is 3.24. The van der Waals surface area contributed by atoms with E-state index in [0.717, 1.165) is 24.9 Å². The Morgan fingerprint density at radius 2 is 2.13 bits per heavy atom. The molecule has 2 aliphatic heterocycles. The molecular formula is C17H24FN3O2. The van der Waals surface area contributed by atoms with Crippen molar-refractivity contribution in [2.24, 2.45) is 0 Å². The minimum absolute atomic E-state index is 0.0167. The van der Waals surface area contributed by atoms with E-state index in [4.69, 9.17) is 0 Å². The summed E-state index contributed by atoms with van der Waals surface area (Å²) in [6.45, 7) is 2.56. The lowest BCUT2D eigenvalue weighted by molar-refractivity contribution is -0.122. The maximum absolute atomic E-state index is 14.3. The highest BCUT2D eigenvalue weighted by Crippen LogP contribution is 2.24. The molecule has 6 heteroatoms. The first-order valence-corrected chi connectivity index (χ1v) is 8.36. The molecule has 0 aromatic heterocycles. The molecule has 2 fully saturated rings.